The Morgan fingerprint density at radius 3 is 2.64 bits per heavy atom. The highest BCUT2D eigenvalue weighted by Gasteiger charge is 2.42. The molecule has 1 aliphatic carbocycles. The summed E-state index contributed by atoms with van der Waals surface area (Å²) in [5.74, 6) is 0.349. The van der Waals surface area contributed by atoms with Gasteiger partial charge in [0.15, 0.2) is 0 Å². The molecular formula is C12H20O2. The second-order valence-corrected chi connectivity index (χ2v) is 4.86. The molecule has 2 nitrogen and oxygen atoms in total. The van der Waals surface area contributed by atoms with Crippen molar-refractivity contribution < 1.29 is 9.53 Å². The van der Waals surface area contributed by atoms with E-state index in [4.69, 9.17) is 4.74 Å². The molecule has 0 aromatic rings. The molecule has 0 amide bonds. The van der Waals surface area contributed by atoms with Crippen LogP contribution in [0.2, 0.25) is 0 Å². The fourth-order valence-corrected chi connectivity index (χ4v) is 2.26. The highest BCUT2D eigenvalue weighted by Crippen LogP contribution is 2.45. The molecule has 0 heterocycles. The summed E-state index contributed by atoms with van der Waals surface area (Å²) in [6.45, 7) is 8.51. The highest BCUT2D eigenvalue weighted by atomic mass is 16.5. The minimum Gasteiger partial charge on any atom is -0.469 e. The van der Waals surface area contributed by atoms with Crippen molar-refractivity contribution in [3.63, 3.8) is 0 Å². The van der Waals surface area contributed by atoms with E-state index in [0.717, 1.165) is 12.0 Å². The van der Waals surface area contributed by atoms with Crippen LogP contribution in [0.25, 0.3) is 0 Å². The summed E-state index contributed by atoms with van der Waals surface area (Å²) in [5.41, 5.74) is 1.16. The minimum atomic E-state index is -0.102. The van der Waals surface area contributed by atoms with Crippen LogP contribution in [0, 0.1) is 17.3 Å². The number of ether oxygens (including phenoxy) is 1. The third-order valence-corrected chi connectivity index (χ3v) is 3.70. The Morgan fingerprint density at radius 2 is 2.14 bits per heavy atom. The Labute approximate surface area is 86.3 Å². The monoisotopic (exact) mass is 196 g/mol. The van der Waals surface area contributed by atoms with E-state index >= 15 is 0 Å². The van der Waals surface area contributed by atoms with Gasteiger partial charge in [0.2, 0.25) is 0 Å². The summed E-state index contributed by atoms with van der Waals surface area (Å²) >= 11 is 0. The fourth-order valence-electron chi connectivity index (χ4n) is 2.26. The number of esters is 1. The van der Waals surface area contributed by atoms with Crippen molar-refractivity contribution in [2.75, 3.05) is 7.11 Å². The number of carbonyl (C=O) groups is 1. The van der Waals surface area contributed by atoms with Crippen LogP contribution in [0.4, 0.5) is 0 Å². The largest absolute Gasteiger partial charge is 0.469 e. The molecule has 1 rings (SSSR count). The van der Waals surface area contributed by atoms with Gasteiger partial charge in [-0.05, 0) is 24.7 Å². The van der Waals surface area contributed by atoms with E-state index in [-0.39, 0.29) is 17.3 Å². The summed E-state index contributed by atoms with van der Waals surface area (Å²) in [7, 11) is 1.46. The maximum atomic E-state index is 11.7. The first-order valence-corrected chi connectivity index (χ1v) is 5.15. The van der Waals surface area contributed by atoms with Crippen LogP contribution < -0.4 is 0 Å². The zero-order valence-electron chi connectivity index (χ0n) is 9.76. The lowest BCUT2D eigenvalue weighted by atomic mass is 9.63. The van der Waals surface area contributed by atoms with Gasteiger partial charge in [0, 0.05) is 0 Å². The number of rotatable bonds is 1. The summed E-state index contributed by atoms with van der Waals surface area (Å²) in [4.78, 5) is 11.7. The van der Waals surface area contributed by atoms with Gasteiger partial charge >= 0.3 is 5.97 Å². The van der Waals surface area contributed by atoms with Crippen molar-refractivity contribution in [2.24, 2.45) is 17.3 Å². The summed E-state index contributed by atoms with van der Waals surface area (Å²) in [6.07, 6.45) is 3.23. The third kappa shape index (κ3) is 1.70. The van der Waals surface area contributed by atoms with E-state index in [0.29, 0.717) is 5.92 Å². The Morgan fingerprint density at radius 1 is 1.57 bits per heavy atom. The van der Waals surface area contributed by atoms with Crippen molar-refractivity contribution in [1.29, 1.82) is 0 Å². The third-order valence-electron chi connectivity index (χ3n) is 3.70. The van der Waals surface area contributed by atoms with Gasteiger partial charge in [-0.1, -0.05) is 32.4 Å². The van der Waals surface area contributed by atoms with E-state index in [1.807, 2.05) is 6.92 Å². The van der Waals surface area contributed by atoms with Crippen LogP contribution in [-0.2, 0) is 9.53 Å². The van der Waals surface area contributed by atoms with Crippen LogP contribution in [0.5, 0.6) is 0 Å². The summed E-state index contributed by atoms with van der Waals surface area (Å²) in [6, 6.07) is 0. The number of methoxy groups -OCH3 is 1. The van der Waals surface area contributed by atoms with Crippen molar-refractivity contribution in [1.82, 2.24) is 0 Å². The Bertz CT molecular complexity index is 263. The fraction of sp³-hybridized carbons (Fsp3) is 0.750. The molecule has 0 saturated heterocycles. The molecule has 0 saturated carbocycles. The molecule has 0 fully saturated rings. The molecule has 0 aliphatic heterocycles. The van der Waals surface area contributed by atoms with Gasteiger partial charge in [-0.2, -0.15) is 0 Å². The average Bonchev–Trinajstić information content (AvgIpc) is 2.11. The van der Waals surface area contributed by atoms with Crippen LogP contribution in [0.15, 0.2) is 11.6 Å². The molecule has 80 valence electrons. The highest BCUT2D eigenvalue weighted by molar-refractivity contribution is 5.76. The van der Waals surface area contributed by atoms with Gasteiger partial charge in [0.25, 0.3) is 0 Å². The van der Waals surface area contributed by atoms with Crippen molar-refractivity contribution in [2.45, 2.75) is 34.1 Å². The molecule has 0 unspecified atom stereocenters. The van der Waals surface area contributed by atoms with E-state index in [2.05, 4.69) is 26.8 Å². The molecule has 0 aromatic carbocycles. The van der Waals surface area contributed by atoms with Gasteiger partial charge in [0.1, 0.15) is 0 Å². The van der Waals surface area contributed by atoms with Gasteiger partial charge < -0.3 is 4.74 Å². The zero-order valence-corrected chi connectivity index (χ0v) is 9.76. The molecule has 0 bridgehead atoms. The molecular weight excluding hydrogens is 176 g/mol. The van der Waals surface area contributed by atoms with E-state index in [9.17, 15) is 4.79 Å². The maximum Gasteiger partial charge on any atom is 0.313 e. The number of allylic oxidation sites excluding steroid dienone is 1. The van der Waals surface area contributed by atoms with Gasteiger partial charge in [-0.25, -0.2) is 0 Å². The summed E-state index contributed by atoms with van der Waals surface area (Å²) in [5, 5.41) is 0. The standard InChI is InChI=1S/C12H20O2/c1-8-6-7-9(2)12(3,4)10(8)11(13)14-5/h6,9-10H,7H2,1-5H3/t9-,10-/m1/s1. The molecule has 0 spiro atoms. The van der Waals surface area contributed by atoms with Crippen LogP contribution in [0.3, 0.4) is 0 Å². The second-order valence-electron chi connectivity index (χ2n) is 4.86. The number of hydrogen-bond donors (Lipinski definition) is 0. The molecule has 1 aliphatic rings. The Balaban J connectivity index is 3.04. The topological polar surface area (TPSA) is 26.3 Å². The molecule has 2 atom stereocenters. The van der Waals surface area contributed by atoms with E-state index in [1.54, 1.807) is 0 Å². The predicted molar refractivity (Wildman–Crippen MR) is 56.8 cm³/mol. The lowest BCUT2D eigenvalue weighted by molar-refractivity contribution is -0.149. The Hall–Kier alpha value is -0.790. The average molecular weight is 196 g/mol. The van der Waals surface area contributed by atoms with Crippen LogP contribution in [0.1, 0.15) is 34.1 Å². The maximum absolute atomic E-state index is 11.7. The van der Waals surface area contributed by atoms with Gasteiger partial charge in [0.05, 0.1) is 13.0 Å². The molecule has 0 radical (unpaired) electrons. The number of hydrogen-bond acceptors (Lipinski definition) is 2. The second kappa shape index (κ2) is 3.76. The van der Waals surface area contributed by atoms with Crippen molar-refractivity contribution >= 4 is 5.97 Å². The normalized spacial score (nSPS) is 30.8. The van der Waals surface area contributed by atoms with Gasteiger partial charge in [-0.15, -0.1) is 0 Å². The molecule has 0 N–H and O–H groups in total. The van der Waals surface area contributed by atoms with Gasteiger partial charge in [-0.3, -0.25) is 4.79 Å². The first-order chi connectivity index (χ1) is 6.41. The van der Waals surface area contributed by atoms with Crippen LogP contribution in [-0.4, -0.2) is 13.1 Å². The predicted octanol–water partition coefficient (Wildman–Crippen LogP) is 2.79. The van der Waals surface area contributed by atoms with Crippen molar-refractivity contribution in [3.8, 4) is 0 Å². The molecule has 0 aromatic heterocycles. The quantitative estimate of drug-likeness (QED) is 0.476. The smallest absolute Gasteiger partial charge is 0.313 e. The summed E-state index contributed by atoms with van der Waals surface area (Å²) < 4.78 is 4.86. The SMILES string of the molecule is COC(=O)[C@H]1C(C)=CC[C@@H](C)C1(C)C. The van der Waals surface area contributed by atoms with Crippen molar-refractivity contribution in [3.05, 3.63) is 11.6 Å². The lowest BCUT2D eigenvalue weighted by Crippen LogP contribution is -2.40. The molecule has 14 heavy (non-hydrogen) atoms. The number of carbonyl (C=O) groups excluding carboxylic acids is 1. The van der Waals surface area contributed by atoms with Crippen LogP contribution >= 0.6 is 0 Å². The molecule has 2 heteroatoms. The zero-order chi connectivity index (χ0) is 10.9. The minimum absolute atomic E-state index is 0.00588. The van der Waals surface area contributed by atoms with E-state index < -0.39 is 0 Å². The van der Waals surface area contributed by atoms with E-state index in [1.165, 1.54) is 7.11 Å². The first kappa shape index (κ1) is 11.3. The lowest BCUT2D eigenvalue weighted by Gasteiger charge is -2.41. The Kier molecular flexibility index (Phi) is 3.03. The first-order valence-electron chi connectivity index (χ1n) is 5.15.